The number of amides is 2. The minimum atomic E-state index is -2.63. The molecule has 1 fully saturated rings. The molecule has 1 aromatic carbocycles. The number of carbonyl (C=O) groups is 1. The van der Waals surface area contributed by atoms with Gasteiger partial charge in [-0.25, -0.2) is 4.79 Å². The van der Waals surface area contributed by atoms with Gasteiger partial charge in [0.25, 0.3) is 5.76 Å². The number of benzene rings is 1. The van der Waals surface area contributed by atoms with Crippen molar-refractivity contribution >= 4 is 35.1 Å². The number of anilines is 1. The molecule has 0 aromatic heterocycles. The number of alkyl halides is 2. The fourth-order valence-electron chi connectivity index (χ4n) is 1.94. The molecule has 0 unspecified atom stereocenters. The van der Waals surface area contributed by atoms with Gasteiger partial charge in [-0.05, 0) is 18.6 Å². The Morgan fingerprint density at radius 2 is 2.30 bits per heavy atom. The Balaban J connectivity index is 2.12. The Bertz CT molecular complexity index is 504. The molecular formula is C12H13ClF2N2O2S. The summed E-state index contributed by atoms with van der Waals surface area (Å²) in [6.45, 7) is 0.675. The van der Waals surface area contributed by atoms with Crippen molar-refractivity contribution in [2.75, 3.05) is 18.4 Å². The first kappa shape index (κ1) is 15.3. The summed E-state index contributed by atoms with van der Waals surface area (Å²) in [4.78, 5) is 13.5. The van der Waals surface area contributed by atoms with E-state index in [9.17, 15) is 18.7 Å². The number of carbonyl (C=O) groups excluding carboxylic acids is 1. The maximum atomic E-state index is 12.5. The zero-order valence-electron chi connectivity index (χ0n) is 10.4. The molecule has 1 aliphatic heterocycles. The van der Waals surface area contributed by atoms with E-state index < -0.39 is 17.9 Å². The molecule has 1 aliphatic rings. The maximum Gasteiger partial charge on any atom is 0.321 e. The topological polar surface area (TPSA) is 52.6 Å². The molecule has 2 rings (SSSR count). The van der Waals surface area contributed by atoms with Crippen LogP contribution in [0.3, 0.4) is 0 Å². The lowest BCUT2D eigenvalue weighted by atomic mass is 10.3. The third-order valence-electron chi connectivity index (χ3n) is 2.87. The van der Waals surface area contributed by atoms with Crippen molar-refractivity contribution < 1.29 is 18.7 Å². The van der Waals surface area contributed by atoms with Crippen molar-refractivity contribution in [2.24, 2.45) is 0 Å². The van der Waals surface area contributed by atoms with Crippen molar-refractivity contribution in [3.8, 4) is 0 Å². The molecule has 1 aromatic rings. The summed E-state index contributed by atoms with van der Waals surface area (Å²) < 4.78 is 25.0. The Kier molecular flexibility index (Phi) is 5.06. The summed E-state index contributed by atoms with van der Waals surface area (Å²) in [5.74, 6) is -2.63. The van der Waals surface area contributed by atoms with E-state index in [1.165, 1.54) is 17.0 Å². The van der Waals surface area contributed by atoms with Gasteiger partial charge in [0.05, 0.1) is 21.7 Å². The molecule has 20 heavy (non-hydrogen) atoms. The number of aliphatic hydroxyl groups excluding tert-OH is 1. The summed E-state index contributed by atoms with van der Waals surface area (Å²) in [6.07, 6.45) is -0.0169. The van der Waals surface area contributed by atoms with Gasteiger partial charge in [0.1, 0.15) is 0 Å². The van der Waals surface area contributed by atoms with E-state index in [-0.39, 0.29) is 33.9 Å². The van der Waals surface area contributed by atoms with E-state index >= 15 is 0 Å². The van der Waals surface area contributed by atoms with Crippen LogP contribution in [0.15, 0.2) is 23.1 Å². The normalized spacial score (nSPS) is 18.6. The van der Waals surface area contributed by atoms with Crippen LogP contribution in [0.1, 0.15) is 6.42 Å². The average Bonchev–Trinajstić information content (AvgIpc) is 2.80. The molecule has 4 nitrogen and oxygen atoms in total. The summed E-state index contributed by atoms with van der Waals surface area (Å²) in [5, 5.41) is 12.1. The van der Waals surface area contributed by atoms with Crippen LogP contribution in [0.5, 0.6) is 0 Å². The lowest BCUT2D eigenvalue weighted by molar-refractivity contribution is 0.176. The number of hydrogen-bond acceptors (Lipinski definition) is 3. The maximum absolute atomic E-state index is 12.5. The average molecular weight is 323 g/mol. The fourth-order valence-corrected chi connectivity index (χ4v) is 2.85. The highest BCUT2D eigenvalue weighted by Gasteiger charge is 2.25. The van der Waals surface area contributed by atoms with E-state index in [1.807, 2.05) is 0 Å². The predicted molar refractivity (Wildman–Crippen MR) is 74.5 cm³/mol. The van der Waals surface area contributed by atoms with Crippen LogP contribution >= 0.6 is 23.4 Å². The van der Waals surface area contributed by atoms with Crippen molar-refractivity contribution in [3.63, 3.8) is 0 Å². The molecule has 2 amide bonds. The zero-order valence-corrected chi connectivity index (χ0v) is 11.9. The van der Waals surface area contributed by atoms with Crippen molar-refractivity contribution in [3.05, 3.63) is 23.2 Å². The molecule has 1 saturated heterocycles. The second-order valence-electron chi connectivity index (χ2n) is 4.31. The first-order chi connectivity index (χ1) is 9.47. The van der Waals surface area contributed by atoms with Crippen LogP contribution in [-0.2, 0) is 0 Å². The van der Waals surface area contributed by atoms with Crippen LogP contribution in [0.4, 0.5) is 19.3 Å². The third-order valence-corrected chi connectivity index (χ3v) is 4.15. The summed E-state index contributed by atoms with van der Waals surface area (Å²) in [5.41, 5.74) is 0.245. The van der Waals surface area contributed by atoms with Crippen LogP contribution in [0.2, 0.25) is 5.02 Å². The number of nitrogens with zero attached hydrogens (tertiary/aromatic N) is 1. The minimum Gasteiger partial charge on any atom is -0.391 e. The molecule has 110 valence electrons. The number of likely N-dealkylation sites (tertiary alicyclic amines) is 1. The van der Waals surface area contributed by atoms with Gasteiger partial charge >= 0.3 is 6.03 Å². The van der Waals surface area contributed by atoms with Crippen molar-refractivity contribution in [1.29, 1.82) is 0 Å². The minimum absolute atomic E-state index is 0.136. The van der Waals surface area contributed by atoms with Gasteiger partial charge in [-0.1, -0.05) is 29.4 Å². The number of β-amino-alcohol motifs (C(OH)–C–C–N with tert-alkyl or cyclic N) is 1. The van der Waals surface area contributed by atoms with E-state index in [1.54, 1.807) is 6.07 Å². The quantitative estimate of drug-likeness (QED) is 0.840. The molecule has 8 heteroatoms. The van der Waals surface area contributed by atoms with Crippen molar-refractivity contribution in [2.45, 2.75) is 23.2 Å². The number of rotatable bonds is 3. The van der Waals surface area contributed by atoms with Crippen molar-refractivity contribution in [1.82, 2.24) is 4.90 Å². The van der Waals surface area contributed by atoms with Gasteiger partial charge in [-0.15, -0.1) is 0 Å². The van der Waals surface area contributed by atoms with E-state index in [0.29, 0.717) is 13.0 Å². The van der Waals surface area contributed by atoms with Gasteiger partial charge in [0.2, 0.25) is 0 Å². The molecule has 2 N–H and O–H groups in total. The second-order valence-corrected chi connectivity index (χ2v) is 5.72. The molecule has 0 aliphatic carbocycles. The van der Waals surface area contributed by atoms with E-state index in [2.05, 4.69) is 5.32 Å². The lowest BCUT2D eigenvalue weighted by Crippen LogP contribution is -2.33. The number of urea groups is 1. The Morgan fingerprint density at radius 1 is 1.55 bits per heavy atom. The van der Waals surface area contributed by atoms with Crippen LogP contribution in [-0.4, -0.2) is 41.0 Å². The molecule has 0 spiro atoms. The Morgan fingerprint density at radius 3 is 2.90 bits per heavy atom. The van der Waals surface area contributed by atoms with Crippen LogP contribution in [0, 0.1) is 0 Å². The fraction of sp³-hybridized carbons (Fsp3) is 0.417. The van der Waals surface area contributed by atoms with E-state index in [4.69, 9.17) is 11.6 Å². The molecular weight excluding hydrogens is 310 g/mol. The molecule has 0 radical (unpaired) electrons. The number of thioether (sulfide) groups is 1. The number of nitrogens with one attached hydrogen (secondary N) is 1. The van der Waals surface area contributed by atoms with Crippen LogP contribution < -0.4 is 5.32 Å². The smallest absolute Gasteiger partial charge is 0.321 e. The highest BCUT2D eigenvalue weighted by molar-refractivity contribution is 7.99. The monoisotopic (exact) mass is 322 g/mol. The largest absolute Gasteiger partial charge is 0.391 e. The van der Waals surface area contributed by atoms with Crippen LogP contribution in [0.25, 0.3) is 0 Å². The first-order valence-electron chi connectivity index (χ1n) is 5.94. The predicted octanol–water partition coefficient (Wildman–Crippen LogP) is 3.25. The van der Waals surface area contributed by atoms with Gasteiger partial charge in [0.15, 0.2) is 0 Å². The molecule has 0 bridgehead atoms. The summed E-state index contributed by atoms with van der Waals surface area (Å²) in [6, 6.07) is 4.15. The third kappa shape index (κ3) is 3.74. The number of aliphatic hydroxyl groups is 1. The standard InChI is InChI=1S/C12H13ClF2N2O2S/c13-8-2-1-3-9(10(8)20-11(14)15)16-12(19)17-5-4-7(18)6-17/h1-3,7,11,18H,4-6H2,(H,16,19)/t7-/m1/s1. The van der Waals surface area contributed by atoms with Gasteiger partial charge in [-0.3, -0.25) is 0 Å². The summed E-state index contributed by atoms with van der Waals surface area (Å²) >= 11 is 6.17. The van der Waals surface area contributed by atoms with Gasteiger partial charge < -0.3 is 15.3 Å². The molecule has 1 heterocycles. The zero-order chi connectivity index (χ0) is 14.7. The highest BCUT2D eigenvalue weighted by atomic mass is 35.5. The summed E-state index contributed by atoms with van der Waals surface area (Å²) in [7, 11) is 0. The van der Waals surface area contributed by atoms with E-state index in [0.717, 1.165) is 0 Å². The molecule has 0 saturated carbocycles. The number of hydrogen-bond donors (Lipinski definition) is 2. The Labute approximate surface area is 124 Å². The lowest BCUT2D eigenvalue weighted by Gasteiger charge is -2.18. The molecule has 1 atom stereocenters. The van der Waals surface area contributed by atoms with Gasteiger partial charge in [-0.2, -0.15) is 8.78 Å². The SMILES string of the molecule is O=C(Nc1cccc(Cl)c1SC(F)F)N1CC[C@@H](O)C1. The number of halogens is 3. The first-order valence-corrected chi connectivity index (χ1v) is 7.20. The highest BCUT2D eigenvalue weighted by Crippen LogP contribution is 2.37. The Hall–Kier alpha value is -1.05. The second kappa shape index (κ2) is 6.60. The van der Waals surface area contributed by atoms with Gasteiger partial charge in [0, 0.05) is 13.1 Å².